The molecule has 0 amide bonds. The van der Waals surface area contributed by atoms with Crippen LogP contribution >= 0.6 is 0 Å². The molecule has 0 aromatic rings. The molecule has 0 aliphatic heterocycles. The van der Waals surface area contributed by atoms with Gasteiger partial charge in [0.05, 0.1) is 6.10 Å². The third kappa shape index (κ3) is 1.41. The van der Waals surface area contributed by atoms with Gasteiger partial charge in [0.1, 0.15) is 0 Å². The van der Waals surface area contributed by atoms with Crippen LogP contribution in [0.5, 0.6) is 0 Å². The van der Waals surface area contributed by atoms with Crippen LogP contribution in [0.4, 0.5) is 0 Å². The van der Waals surface area contributed by atoms with Crippen LogP contribution in [0.2, 0.25) is 0 Å². The Labute approximate surface area is 81.9 Å². The molecule has 0 spiro atoms. The summed E-state index contributed by atoms with van der Waals surface area (Å²) in [5.74, 6) is 1.79. The van der Waals surface area contributed by atoms with Crippen LogP contribution in [0.3, 0.4) is 0 Å². The average molecular weight is 182 g/mol. The van der Waals surface area contributed by atoms with Gasteiger partial charge in [0, 0.05) is 6.61 Å². The summed E-state index contributed by atoms with van der Waals surface area (Å²) in [4.78, 5) is 0. The van der Waals surface area contributed by atoms with Crippen molar-refractivity contribution in [2.45, 2.75) is 52.6 Å². The highest BCUT2D eigenvalue weighted by Gasteiger charge is 2.49. The van der Waals surface area contributed by atoms with Gasteiger partial charge in [-0.1, -0.05) is 13.8 Å². The summed E-state index contributed by atoms with van der Waals surface area (Å²) in [5, 5.41) is 0. The van der Waals surface area contributed by atoms with E-state index >= 15 is 0 Å². The zero-order valence-corrected chi connectivity index (χ0v) is 9.18. The van der Waals surface area contributed by atoms with Crippen LogP contribution < -0.4 is 0 Å². The molecule has 1 atom stereocenters. The van der Waals surface area contributed by atoms with E-state index in [1.807, 2.05) is 0 Å². The summed E-state index contributed by atoms with van der Waals surface area (Å²) in [6.45, 7) is 7.82. The van der Waals surface area contributed by atoms with E-state index in [1.54, 1.807) is 0 Å². The first-order chi connectivity index (χ1) is 6.16. The van der Waals surface area contributed by atoms with Crippen molar-refractivity contribution >= 4 is 0 Å². The molecule has 1 nitrogen and oxygen atoms in total. The third-order valence-electron chi connectivity index (χ3n) is 4.33. The summed E-state index contributed by atoms with van der Waals surface area (Å²) in [7, 11) is 0. The maximum atomic E-state index is 5.93. The largest absolute Gasteiger partial charge is 0.378 e. The Morgan fingerprint density at radius 3 is 2.23 bits per heavy atom. The Morgan fingerprint density at radius 1 is 1.15 bits per heavy atom. The highest BCUT2D eigenvalue weighted by Crippen LogP contribution is 2.53. The number of ether oxygens (including phenoxy) is 1. The number of hydrogen-bond donors (Lipinski definition) is 0. The summed E-state index contributed by atoms with van der Waals surface area (Å²) in [6, 6.07) is 0. The topological polar surface area (TPSA) is 9.23 Å². The van der Waals surface area contributed by atoms with Crippen molar-refractivity contribution in [3.8, 4) is 0 Å². The van der Waals surface area contributed by atoms with Gasteiger partial charge in [0.15, 0.2) is 0 Å². The van der Waals surface area contributed by atoms with Crippen LogP contribution in [0.15, 0.2) is 0 Å². The van der Waals surface area contributed by atoms with E-state index in [9.17, 15) is 0 Å². The van der Waals surface area contributed by atoms with Gasteiger partial charge in [-0.25, -0.2) is 0 Å². The zero-order chi connectivity index (χ0) is 9.47. The number of fused-ring (bicyclic) bond motifs is 3. The second kappa shape index (κ2) is 3.27. The first-order valence-corrected chi connectivity index (χ1v) is 5.78. The van der Waals surface area contributed by atoms with E-state index in [4.69, 9.17) is 4.74 Å². The minimum Gasteiger partial charge on any atom is -0.378 e. The maximum absolute atomic E-state index is 5.93. The van der Waals surface area contributed by atoms with Crippen molar-refractivity contribution in [3.05, 3.63) is 0 Å². The highest BCUT2D eigenvalue weighted by atomic mass is 16.5. The Balaban J connectivity index is 2.15. The molecule has 3 fully saturated rings. The van der Waals surface area contributed by atoms with Gasteiger partial charge >= 0.3 is 0 Å². The van der Waals surface area contributed by atoms with Crippen molar-refractivity contribution in [1.82, 2.24) is 0 Å². The average Bonchev–Trinajstić information content (AvgIpc) is 2.12. The van der Waals surface area contributed by atoms with E-state index in [2.05, 4.69) is 20.8 Å². The zero-order valence-electron chi connectivity index (χ0n) is 9.18. The smallest absolute Gasteiger partial charge is 0.0656 e. The lowest BCUT2D eigenvalue weighted by atomic mass is 9.56. The van der Waals surface area contributed by atoms with Gasteiger partial charge in [-0.2, -0.15) is 0 Å². The Hall–Kier alpha value is -0.0400. The lowest BCUT2D eigenvalue weighted by molar-refractivity contribution is -0.139. The fraction of sp³-hybridized carbons (Fsp3) is 1.00. The second-order valence-electron chi connectivity index (χ2n) is 5.31. The van der Waals surface area contributed by atoms with Crippen LogP contribution in [0.1, 0.15) is 46.5 Å². The molecule has 0 aromatic carbocycles. The van der Waals surface area contributed by atoms with Crippen LogP contribution in [0, 0.1) is 17.3 Å². The van der Waals surface area contributed by atoms with Gasteiger partial charge in [-0.05, 0) is 49.9 Å². The van der Waals surface area contributed by atoms with Gasteiger partial charge in [-0.15, -0.1) is 0 Å². The van der Waals surface area contributed by atoms with Crippen LogP contribution in [0.25, 0.3) is 0 Å². The lowest BCUT2D eigenvalue weighted by Crippen LogP contribution is -2.51. The Morgan fingerprint density at radius 2 is 1.77 bits per heavy atom. The van der Waals surface area contributed by atoms with E-state index in [0.717, 1.165) is 18.4 Å². The molecule has 0 aromatic heterocycles. The SMILES string of the molecule is CCOC1C2CCC(CC2)C1(C)C. The summed E-state index contributed by atoms with van der Waals surface area (Å²) in [6.07, 6.45) is 6.27. The second-order valence-corrected chi connectivity index (χ2v) is 5.31. The van der Waals surface area contributed by atoms with Gasteiger partial charge in [0.25, 0.3) is 0 Å². The first-order valence-electron chi connectivity index (χ1n) is 5.78. The first kappa shape index (κ1) is 9.51. The quantitative estimate of drug-likeness (QED) is 0.637. The molecular formula is C12H22O. The minimum atomic E-state index is 0.442. The van der Waals surface area contributed by atoms with Crippen molar-refractivity contribution < 1.29 is 4.74 Å². The monoisotopic (exact) mass is 182 g/mol. The fourth-order valence-electron chi connectivity index (χ4n) is 3.54. The molecule has 3 aliphatic rings. The van der Waals surface area contributed by atoms with E-state index in [1.165, 1.54) is 25.7 Å². The van der Waals surface area contributed by atoms with Crippen molar-refractivity contribution in [3.63, 3.8) is 0 Å². The van der Waals surface area contributed by atoms with Crippen molar-refractivity contribution in [1.29, 1.82) is 0 Å². The predicted molar refractivity (Wildman–Crippen MR) is 54.6 cm³/mol. The van der Waals surface area contributed by atoms with Crippen LogP contribution in [-0.2, 0) is 4.74 Å². The molecule has 3 aliphatic carbocycles. The molecule has 3 rings (SSSR count). The molecule has 13 heavy (non-hydrogen) atoms. The third-order valence-corrected chi connectivity index (χ3v) is 4.33. The predicted octanol–water partition coefficient (Wildman–Crippen LogP) is 3.24. The molecule has 0 saturated heterocycles. The van der Waals surface area contributed by atoms with Gasteiger partial charge in [-0.3, -0.25) is 0 Å². The maximum Gasteiger partial charge on any atom is 0.0656 e. The Bertz CT molecular complexity index is 178. The van der Waals surface area contributed by atoms with Crippen LogP contribution in [-0.4, -0.2) is 12.7 Å². The minimum absolute atomic E-state index is 0.442. The summed E-state index contributed by atoms with van der Waals surface area (Å²) < 4.78 is 5.93. The van der Waals surface area contributed by atoms with E-state index in [0.29, 0.717) is 11.5 Å². The normalized spacial score (nSPS) is 42.2. The van der Waals surface area contributed by atoms with Gasteiger partial charge < -0.3 is 4.74 Å². The van der Waals surface area contributed by atoms with E-state index < -0.39 is 0 Å². The highest BCUT2D eigenvalue weighted by molar-refractivity contribution is 4.99. The molecule has 2 bridgehead atoms. The van der Waals surface area contributed by atoms with Crippen molar-refractivity contribution in [2.75, 3.05) is 6.61 Å². The molecule has 1 heteroatoms. The molecule has 0 N–H and O–H groups in total. The molecule has 0 heterocycles. The molecule has 76 valence electrons. The number of rotatable bonds is 2. The van der Waals surface area contributed by atoms with E-state index in [-0.39, 0.29) is 0 Å². The number of hydrogen-bond acceptors (Lipinski definition) is 1. The molecular weight excluding hydrogens is 160 g/mol. The van der Waals surface area contributed by atoms with Crippen molar-refractivity contribution in [2.24, 2.45) is 17.3 Å². The molecule has 0 radical (unpaired) electrons. The summed E-state index contributed by atoms with van der Waals surface area (Å²) in [5.41, 5.74) is 0.442. The Kier molecular flexibility index (Phi) is 2.39. The molecule has 3 saturated carbocycles. The van der Waals surface area contributed by atoms with Gasteiger partial charge in [0.2, 0.25) is 0 Å². The molecule has 1 unspecified atom stereocenters. The fourth-order valence-corrected chi connectivity index (χ4v) is 3.54. The summed E-state index contributed by atoms with van der Waals surface area (Å²) >= 11 is 0. The standard InChI is InChI=1S/C12H22O/c1-4-13-11-9-5-7-10(8-6-9)12(11,2)3/h9-11H,4-8H2,1-3H3. The lowest BCUT2D eigenvalue weighted by Gasteiger charge is -2.53.